The Bertz CT molecular complexity index is 469. The van der Waals surface area contributed by atoms with Crippen molar-refractivity contribution in [3.05, 3.63) is 29.6 Å². The summed E-state index contributed by atoms with van der Waals surface area (Å²) in [7, 11) is 0. The first kappa shape index (κ1) is 15.1. The second-order valence-electron chi connectivity index (χ2n) is 5.54. The van der Waals surface area contributed by atoms with Crippen molar-refractivity contribution in [3.63, 3.8) is 0 Å². The molecule has 112 valence electrons. The van der Waals surface area contributed by atoms with Crippen molar-refractivity contribution >= 4 is 5.69 Å². The molecule has 0 radical (unpaired) electrons. The SMILES string of the molecule is CCC1CCN(c2ccc(F)cc2C(F)(F)F)CC1C. The second kappa shape index (κ2) is 5.62. The Morgan fingerprint density at radius 1 is 1.30 bits per heavy atom. The molecule has 2 unspecified atom stereocenters. The molecule has 0 aromatic heterocycles. The number of piperidine rings is 1. The molecule has 20 heavy (non-hydrogen) atoms. The maximum Gasteiger partial charge on any atom is 0.418 e. The van der Waals surface area contributed by atoms with Gasteiger partial charge in [-0.1, -0.05) is 20.3 Å². The molecule has 1 saturated heterocycles. The first-order valence-corrected chi connectivity index (χ1v) is 6.94. The maximum atomic E-state index is 13.1. The molecule has 1 aromatic rings. The quantitative estimate of drug-likeness (QED) is 0.712. The summed E-state index contributed by atoms with van der Waals surface area (Å²) in [6.45, 7) is 5.36. The Morgan fingerprint density at radius 2 is 2.00 bits per heavy atom. The normalized spacial score (nSPS) is 24.0. The van der Waals surface area contributed by atoms with Crippen LogP contribution in [0.5, 0.6) is 0 Å². The van der Waals surface area contributed by atoms with Gasteiger partial charge in [-0.3, -0.25) is 0 Å². The minimum atomic E-state index is -4.53. The summed E-state index contributed by atoms with van der Waals surface area (Å²) in [6.07, 6.45) is -2.60. The van der Waals surface area contributed by atoms with Crippen molar-refractivity contribution in [2.45, 2.75) is 32.9 Å². The highest BCUT2D eigenvalue weighted by molar-refractivity contribution is 5.55. The highest BCUT2D eigenvalue weighted by Gasteiger charge is 2.36. The van der Waals surface area contributed by atoms with Crippen LogP contribution in [0.2, 0.25) is 0 Å². The Kier molecular flexibility index (Phi) is 4.25. The molecule has 1 aliphatic heterocycles. The smallest absolute Gasteiger partial charge is 0.371 e. The molecule has 1 aromatic carbocycles. The van der Waals surface area contributed by atoms with Crippen LogP contribution < -0.4 is 4.90 Å². The van der Waals surface area contributed by atoms with Crippen LogP contribution in [0.15, 0.2) is 18.2 Å². The fourth-order valence-corrected chi connectivity index (χ4v) is 3.03. The summed E-state index contributed by atoms with van der Waals surface area (Å²) in [4.78, 5) is 1.74. The van der Waals surface area contributed by atoms with Crippen molar-refractivity contribution in [3.8, 4) is 0 Å². The van der Waals surface area contributed by atoms with E-state index in [9.17, 15) is 17.6 Å². The Morgan fingerprint density at radius 3 is 2.55 bits per heavy atom. The average molecular weight is 289 g/mol. The van der Waals surface area contributed by atoms with Gasteiger partial charge in [0.05, 0.1) is 5.56 Å². The first-order valence-electron chi connectivity index (χ1n) is 6.94. The molecule has 0 aliphatic carbocycles. The van der Waals surface area contributed by atoms with Crippen LogP contribution in [0.25, 0.3) is 0 Å². The van der Waals surface area contributed by atoms with E-state index in [1.807, 2.05) is 0 Å². The fraction of sp³-hybridized carbons (Fsp3) is 0.600. The van der Waals surface area contributed by atoms with Crippen molar-refractivity contribution in [1.82, 2.24) is 0 Å². The van der Waals surface area contributed by atoms with Gasteiger partial charge in [0.1, 0.15) is 5.82 Å². The highest BCUT2D eigenvalue weighted by Crippen LogP contribution is 2.39. The van der Waals surface area contributed by atoms with Crippen LogP contribution in [-0.4, -0.2) is 13.1 Å². The molecular formula is C15H19F4N. The largest absolute Gasteiger partial charge is 0.418 e. The van der Waals surface area contributed by atoms with Crippen molar-refractivity contribution in [2.24, 2.45) is 11.8 Å². The van der Waals surface area contributed by atoms with Crippen LogP contribution in [0.4, 0.5) is 23.2 Å². The van der Waals surface area contributed by atoms with Gasteiger partial charge >= 0.3 is 6.18 Å². The summed E-state index contributed by atoms with van der Waals surface area (Å²) in [5.41, 5.74) is -0.778. The number of halogens is 4. The van der Waals surface area contributed by atoms with E-state index in [1.165, 1.54) is 6.07 Å². The predicted molar refractivity (Wildman–Crippen MR) is 71.2 cm³/mol. The Hall–Kier alpha value is -1.26. The van der Waals surface area contributed by atoms with Crippen molar-refractivity contribution in [1.29, 1.82) is 0 Å². The molecular weight excluding hydrogens is 270 g/mol. The van der Waals surface area contributed by atoms with Gasteiger partial charge in [-0.25, -0.2) is 4.39 Å². The molecule has 0 amide bonds. The van der Waals surface area contributed by atoms with Crippen LogP contribution in [-0.2, 0) is 6.18 Å². The van der Waals surface area contributed by atoms with Gasteiger partial charge in [0, 0.05) is 18.8 Å². The van der Waals surface area contributed by atoms with Crippen molar-refractivity contribution in [2.75, 3.05) is 18.0 Å². The molecule has 2 atom stereocenters. The molecule has 0 bridgehead atoms. The van der Waals surface area contributed by atoms with Gasteiger partial charge in [0.25, 0.3) is 0 Å². The highest BCUT2D eigenvalue weighted by atomic mass is 19.4. The number of anilines is 1. The molecule has 1 nitrogen and oxygen atoms in total. The molecule has 0 N–H and O–H groups in total. The zero-order valence-electron chi connectivity index (χ0n) is 11.7. The number of alkyl halides is 3. The molecule has 1 heterocycles. The molecule has 0 spiro atoms. The maximum absolute atomic E-state index is 13.1. The number of nitrogens with zero attached hydrogens (tertiary/aromatic N) is 1. The van der Waals surface area contributed by atoms with E-state index in [4.69, 9.17) is 0 Å². The lowest BCUT2D eigenvalue weighted by Crippen LogP contribution is -2.40. The number of benzene rings is 1. The molecule has 0 saturated carbocycles. The number of hydrogen-bond acceptors (Lipinski definition) is 1. The van der Waals surface area contributed by atoms with Crippen LogP contribution >= 0.6 is 0 Å². The third-order valence-corrected chi connectivity index (χ3v) is 4.21. The van der Waals surface area contributed by atoms with Crippen LogP contribution in [0.1, 0.15) is 32.3 Å². The van der Waals surface area contributed by atoms with Gasteiger partial charge < -0.3 is 4.90 Å². The Balaban J connectivity index is 2.30. The standard InChI is InChI=1S/C15H19F4N/c1-3-11-6-7-20(9-10(11)2)14-5-4-12(16)8-13(14)15(17,18)19/h4-5,8,10-11H,3,6-7,9H2,1-2H3. The lowest BCUT2D eigenvalue weighted by Gasteiger charge is -2.39. The van der Waals surface area contributed by atoms with Gasteiger partial charge in [0.2, 0.25) is 0 Å². The van der Waals surface area contributed by atoms with E-state index in [1.54, 1.807) is 4.90 Å². The zero-order chi connectivity index (χ0) is 14.9. The summed E-state index contributed by atoms with van der Waals surface area (Å²) in [5.74, 6) is 0.0542. The van der Waals surface area contributed by atoms with E-state index in [-0.39, 0.29) is 5.69 Å². The van der Waals surface area contributed by atoms with E-state index in [0.29, 0.717) is 31.0 Å². The van der Waals surface area contributed by atoms with Crippen molar-refractivity contribution < 1.29 is 17.6 Å². The van der Waals surface area contributed by atoms with Crippen LogP contribution in [0.3, 0.4) is 0 Å². The molecule has 5 heteroatoms. The summed E-state index contributed by atoms with van der Waals surface area (Å²) < 4.78 is 52.2. The minimum Gasteiger partial charge on any atom is -0.371 e. The molecule has 1 aliphatic rings. The van der Waals surface area contributed by atoms with E-state index >= 15 is 0 Å². The second-order valence-corrected chi connectivity index (χ2v) is 5.54. The molecule has 2 rings (SSSR count). The van der Waals surface area contributed by atoms with Gasteiger partial charge in [-0.15, -0.1) is 0 Å². The summed E-state index contributed by atoms with van der Waals surface area (Å²) in [6, 6.07) is 2.93. The third kappa shape index (κ3) is 3.07. The van der Waals surface area contributed by atoms with Crippen LogP contribution in [0, 0.1) is 17.7 Å². The summed E-state index contributed by atoms with van der Waals surface area (Å²) in [5, 5.41) is 0. The fourth-order valence-electron chi connectivity index (χ4n) is 3.03. The van der Waals surface area contributed by atoms with Gasteiger partial charge in [-0.2, -0.15) is 13.2 Å². The lowest BCUT2D eigenvalue weighted by molar-refractivity contribution is -0.137. The summed E-state index contributed by atoms with van der Waals surface area (Å²) >= 11 is 0. The topological polar surface area (TPSA) is 3.24 Å². The lowest BCUT2D eigenvalue weighted by atomic mass is 9.84. The number of rotatable bonds is 2. The monoisotopic (exact) mass is 289 g/mol. The first-order chi connectivity index (χ1) is 9.32. The Labute approximate surface area is 116 Å². The zero-order valence-corrected chi connectivity index (χ0v) is 11.7. The van der Waals surface area contributed by atoms with E-state index in [0.717, 1.165) is 18.9 Å². The van der Waals surface area contributed by atoms with E-state index in [2.05, 4.69) is 13.8 Å². The number of hydrogen-bond donors (Lipinski definition) is 0. The molecule has 1 fully saturated rings. The predicted octanol–water partition coefficient (Wildman–Crippen LogP) is 4.72. The van der Waals surface area contributed by atoms with Gasteiger partial charge in [0.15, 0.2) is 0 Å². The average Bonchev–Trinajstić information content (AvgIpc) is 2.37. The van der Waals surface area contributed by atoms with E-state index < -0.39 is 17.6 Å². The minimum absolute atomic E-state index is 0.0975. The van der Waals surface area contributed by atoms with Gasteiger partial charge in [-0.05, 0) is 36.5 Å². The third-order valence-electron chi connectivity index (χ3n) is 4.21.